The molecule has 1 saturated heterocycles. The van der Waals surface area contributed by atoms with Gasteiger partial charge in [-0.2, -0.15) is 0 Å². The van der Waals surface area contributed by atoms with Gasteiger partial charge in [-0.1, -0.05) is 36.4 Å². The van der Waals surface area contributed by atoms with Crippen molar-refractivity contribution in [2.24, 2.45) is 0 Å². The normalized spacial score (nSPS) is 14.9. The third-order valence-corrected chi connectivity index (χ3v) is 5.16. The first-order valence-electron chi connectivity index (χ1n) is 9.81. The van der Waals surface area contributed by atoms with Crippen LogP contribution >= 0.6 is 0 Å². The van der Waals surface area contributed by atoms with Gasteiger partial charge in [-0.05, 0) is 23.8 Å². The van der Waals surface area contributed by atoms with Gasteiger partial charge < -0.3 is 9.32 Å². The molecule has 0 unspecified atom stereocenters. The summed E-state index contributed by atoms with van der Waals surface area (Å²) in [6.45, 7) is 4.27. The molecule has 0 bridgehead atoms. The number of aryl methyl sites for hydroxylation is 1. The van der Waals surface area contributed by atoms with Crippen LogP contribution in [-0.2, 0) is 17.8 Å². The Morgan fingerprint density at radius 3 is 2.54 bits per heavy atom. The number of nitrogens with zero attached hydrogens (tertiary/aromatic N) is 3. The zero-order chi connectivity index (χ0) is 19.2. The topological polar surface area (TPSA) is 49.6 Å². The predicted octanol–water partition coefficient (Wildman–Crippen LogP) is 3.62. The molecule has 0 N–H and O–H groups in total. The predicted molar refractivity (Wildman–Crippen MR) is 109 cm³/mol. The maximum atomic E-state index is 12.6. The highest BCUT2D eigenvalue weighted by Crippen LogP contribution is 2.22. The second-order valence-electron chi connectivity index (χ2n) is 7.15. The molecule has 1 aliphatic heterocycles. The lowest BCUT2D eigenvalue weighted by Gasteiger charge is -2.34. The van der Waals surface area contributed by atoms with Gasteiger partial charge in [0.15, 0.2) is 0 Å². The van der Waals surface area contributed by atoms with Crippen LogP contribution in [0.15, 0.2) is 71.4 Å². The molecule has 5 heteroatoms. The first-order chi connectivity index (χ1) is 13.8. The highest BCUT2D eigenvalue weighted by molar-refractivity contribution is 5.76. The lowest BCUT2D eigenvalue weighted by Crippen LogP contribution is -2.48. The summed E-state index contributed by atoms with van der Waals surface area (Å²) in [7, 11) is 0. The Bertz CT molecular complexity index is 884. The van der Waals surface area contributed by atoms with E-state index in [1.54, 1.807) is 6.20 Å². The summed E-state index contributed by atoms with van der Waals surface area (Å²) in [6.07, 6.45) is 4.83. The van der Waals surface area contributed by atoms with Gasteiger partial charge in [0.2, 0.25) is 5.91 Å². The Hall–Kier alpha value is -2.92. The van der Waals surface area contributed by atoms with E-state index in [9.17, 15) is 4.79 Å². The van der Waals surface area contributed by atoms with Crippen molar-refractivity contribution in [2.75, 3.05) is 26.2 Å². The first kappa shape index (κ1) is 18.4. The minimum Gasteiger partial charge on any atom is -0.461 e. The molecule has 0 aliphatic carbocycles. The lowest BCUT2D eigenvalue weighted by molar-refractivity contribution is -0.133. The molecule has 0 spiro atoms. The second kappa shape index (κ2) is 8.85. The van der Waals surface area contributed by atoms with Crippen molar-refractivity contribution in [1.29, 1.82) is 0 Å². The molecule has 1 amide bonds. The van der Waals surface area contributed by atoms with E-state index in [4.69, 9.17) is 4.42 Å². The summed E-state index contributed by atoms with van der Waals surface area (Å²) < 4.78 is 5.91. The van der Waals surface area contributed by atoms with Crippen LogP contribution < -0.4 is 0 Å². The number of hydrogen-bond acceptors (Lipinski definition) is 4. The number of carbonyl (C=O) groups excluding carboxylic acids is 1. The van der Waals surface area contributed by atoms with Gasteiger partial charge in [0, 0.05) is 63.5 Å². The van der Waals surface area contributed by atoms with E-state index in [1.165, 1.54) is 5.56 Å². The van der Waals surface area contributed by atoms with Gasteiger partial charge in [-0.15, -0.1) is 0 Å². The summed E-state index contributed by atoms with van der Waals surface area (Å²) in [4.78, 5) is 21.1. The number of hydrogen-bond donors (Lipinski definition) is 0. The van der Waals surface area contributed by atoms with Crippen LogP contribution in [0, 0.1) is 0 Å². The Morgan fingerprint density at radius 1 is 0.964 bits per heavy atom. The SMILES string of the molecule is O=C(CCc1ccc(-c2ccccc2)o1)N1CCN(Cc2cccnc2)CC1. The van der Waals surface area contributed by atoms with Crippen molar-refractivity contribution in [1.82, 2.24) is 14.8 Å². The standard InChI is InChI=1S/C23H25N3O2/c27-23(11-9-21-8-10-22(28-21)20-6-2-1-3-7-20)26-15-13-25(14-16-26)18-19-5-4-12-24-17-19/h1-8,10,12,17H,9,11,13-16,18H2. The van der Waals surface area contributed by atoms with Crippen LogP contribution in [0.1, 0.15) is 17.7 Å². The quantitative estimate of drug-likeness (QED) is 0.660. The van der Waals surface area contributed by atoms with Gasteiger partial charge in [0.25, 0.3) is 0 Å². The molecule has 2 aromatic heterocycles. The monoisotopic (exact) mass is 375 g/mol. The molecular weight excluding hydrogens is 350 g/mol. The van der Waals surface area contributed by atoms with E-state index in [-0.39, 0.29) is 5.91 Å². The molecule has 0 saturated carbocycles. The van der Waals surface area contributed by atoms with Gasteiger partial charge in [-0.25, -0.2) is 0 Å². The molecule has 144 valence electrons. The molecule has 1 fully saturated rings. The van der Waals surface area contributed by atoms with Crippen LogP contribution in [-0.4, -0.2) is 46.9 Å². The summed E-state index contributed by atoms with van der Waals surface area (Å²) in [5.74, 6) is 1.92. The number of aromatic nitrogens is 1. The minimum absolute atomic E-state index is 0.207. The van der Waals surface area contributed by atoms with Gasteiger partial charge in [-0.3, -0.25) is 14.7 Å². The number of piperazine rings is 1. The fourth-order valence-electron chi connectivity index (χ4n) is 3.56. The number of furan rings is 1. The average Bonchev–Trinajstić information content (AvgIpc) is 3.23. The van der Waals surface area contributed by atoms with Crippen LogP contribution in [0.3, 0.4) is 0 Å². The van der Waals surface area contributed by atoms with Crippen molar-refractivity contribution in [3.8, 4) is 11.3 Å². The molecule has 0 atom stereocenters. The fourth-order valence-corrected chi connectivity index (χ4v) is 3.56. The average molecular weight is 375 g/mol. The van der Waals surface area contributed by atoms with E-state index in [0.29, 0.717) is 12.8 Å². The largest absolute Gasteiger partial charge is 0.461 e. The third kappa shape index (κ3) is 4.67. The Morgan fingerprint density at radius 2 is 1.79 bits per heavy atom. The van der Waals surface area contributed by atoms with E-state index in [0.717, 1.165) is 49.8 Å². The summed E-state index contributed by atoms with van der Waals surface area (Å²) in [5, 5.41) is 0. The van der Waals surface area contributed by atoms with Crippen LogP contribution in [0.2, 0.25) is 0 Å². The summed E-state index contributed by atoms with van der Waals surface area (Å²) >= 11 is 0. The van der Waals surface area contributed by atoms with Crippen molar-refractivity contribution in [3.05, 3.63) is 78.3 Å². The highest BCUT2D eigenvalue weighted by atomic mass is 16.3. The number of rotatable bonds is 6. The molecule has 3 heterocycles. The van der Waals surface area contributed by atoms with E-state index < -0.39 is 0 Å². The van der Waals surface area contributed by atoms with Gasteiger partial charge in [0.1, 0.15) is 11.5 Å². The molecule has 0 radical (unpaired) electrons. The molecular formula is C23H25N3O2. The molecule has 28 heavy (non-hydrogen) atoms. The van der Waals surface area contributed by atoms with Crippen LogP contribution in [0.5, 0.6) is 0 Å². The Labute approximate surface area is 165 Å². The van der Waals surface area contributed by atoms with Crippen LogP contribution in [0.25, 0.3) is 11.3 Å². The van der Waals surface area contributed by atoms with E-state index >= 15 is 0 Å². The number of carbonyl (C=O) groups is 1. The zero-order valence-electron chi connectivity index (χ0n) is 16.0. The van der Waals surface area contributed by atoms with E-state index in [1.807, 2.05) is 59.6 Å². The first-order valence-corrected chi connectivity index (χ1v) is 9.81. The van der Waals surface area contributed by atoms with Crippen LogP contribution in [0.4, 0.5) is 0 Å². The third-order valence-electron chi connectivity index (χ3n) is 5.16. The van der Waals surface area contributed by atoms with Crippen molar-refractivity contribution < 1.29 is 9.21 Å². The van der Waals surface area contributed by atoms with Crippen molar-refractivity contribution in [2.45, 2.75) is 19.4 Å². The molecule has 4 rings (SSSR count). The number of pyridine rings is 1. The lowest BCUT2D eigenvalue weighted by atomic mass is 10.2. The van der Waals surface area contributed by atoms with Gasteiger partial charge >= 0.3 is 0 Å². The zero-order valence-corrected chi connectivity index (χ0v) is 16.0. The van der Waals surface area contributed by atoms with Gasteiger partial charge in [0.05, 0.1) is 0 Å². The Balaban J connectivity index is 1.23. The summed E-state index contributed by atoms with van der Waals surface area (Å²) in [6, 6.07) is 18.0. The van der Waals surface area contributed by atoms with E-state index in [2.05, 4.69) is 16.0 Å². The fraction of sp³-hybridized carbons (Fsp3) is 0.304. The molecule has 5 nitrogen and oxygen atoms in total. The second-order valence-corrected chi connectivity index (χ2v) is 7.15. The number of benzene rings is 1. The maximum Gasteiger partial charge on any atom is 0.223 e. The smallest absolute Gasteiger partial charge is 0.223 e. The summed E-state index contributed by atoms with van der Waals surface area (Å²) in [5.41, 5.74) is 2.28. The van der Waals surface area contributed by atoms with Crippen molar-refractivity contribution >= 4 is 5.91 Å². The number of amides is 1. The Kier molecular flexibility index (Phi) is 5.83. The minimum atomic E-state index is 0.207. The molecule has 1 aromatic carbocycles. The highest BCUT2D eigenvalue weighted by Gasteiger charge is 2.21. The molecule has 1 aliphatic rings. The maximum absolute atomic E-state index is 12.6. The van der Waals surface area contributed by atoms with Crippen molar-refractivity contribution in [3.63, 3.8) is 0 Å². The molecule has 3 aromatic rings.